The number of benzene rings is 2. The van der Waals surface area contributed by atoms with Crippen LogP contribution in [0.3, 0.4) is 0 Å². The first-order valence-electron chi connectivity index (χ1n) is 5.08. The van der Waals surface area contributed by atoms with Crippen molar-refractivity contribution in [1.29, 1.82) is 0 Å². The summed E-state index contributed by atoms with van der Waals surface area (Å²) in [5.41, 5.74) is 0.872. The molecule has 0 N–H and O–H groups in total. The van der Waals surface area contributed by atoms with Crippen LogP contribution in [0, 0.1) is 12.7 Å². The zero-order valence-corrected chi connectivity index (χ0v) is 10.8. The van der Waals surface area contributed by atoms with Crippen LogP contribution < -0.4 is 4.74 Å². The third-order valence-electron chi connectivity index (χ3n) is 2.38. The van der Waals surface area contributed by atoms with Crippen molar-refractivity contribution in [3.63, 3.8) is 0 Å². The maximum atomic E-state index is 13.2. The quantitative estimate of drug-likeness (QED) is 0.729. The monoisotopic (exact) mass is 285 g/mol. The van der Waals surface area contributed by atoms with Crippen LogP contribution in [0.1, 0.15) is 5.56 Å². The molecule has 0 aliphatic heterocycles. The second-order valence-corrected chi connectivity index (χ2v) is 4.49. The molecule has 0 atom stereocenters. The zero-order valence-electron chi connectivity index (χ0n) is 9.34. The van der Waals surface area contributed by atoms with Crippen LogP contribution in [0.25, 0.3) is 0 Å². The fourth-order valence-electron chi connectivity index (χ4n) is 1.36. The number of halogens is 3. The molecule has 0 fully saturated rings. The van der Waals surface area contributed by atoms with Crippen molar-refractivity contribution in [1.82, 2.24) is 0 Å². The lowest BCUT2D eigenvalue weighted by Crippen LogP contribution is -1.89. The van der Waals surface area contributed by atoms with Gasteiger partial charge in [-0.2, -0.15) is 0 Å². The lowest BCUT2D eigenvalue weighted by Gasteiger charge is -2.09. The van der Waals surface area contributed by atoms with E-state index in [0.29, 0.717) is 10.8 Å². The van der Waals surface area contributed by atoms with E-state index >= 15 is 0 Å². The molecule has 0 aliphatic carbocycles. The number of ether oxygens (including phenoxy) is 1. The highest BCUT2D eigenvalue weighted by Gasteiger charge is 2.15. The normalized spacial score (nSPS) is 10.4. The predicted octanol–water partition coefficient (Wildman–Crippen LogP) is 5.38. The summed E-state index contributed by atoms with van der Waals surface area (Å²) in [6.07, 6.45) is 0. The molecular formula is C13H8Cl2FO2. The molecule has 0 heterocycles. The Bertz CT molecular complexity index is 600. The van der Waals surface area contributed by atoms with E-state index in [-0.39, 0.29) is 10.8 Å². The van der Waals surface area contributed by atoms with E-state index in [2.05, 4.69) is 0 Å². The Labute approximate surface area is 114 Å². The SMILES string of the molecule is Cc1ccc(Oc2c([O])ccc(F)c2Cl)cc1Cl. The molecular weight excluding hydrogens is 278 g/mol. The van der Waals surface area contributed by atoms with Crippen LogP contribution >= 0.6 is 23.2 Å². The highest BCUT2D eigenvalue weighted by atomic mass is 35.5. The molecule has 0 saturated carbocycles. The molecule has 0 saturated heterocycles. The van der Waals surface area contributed by atoms with E-state index in [1.165, 1.54) is 6.07 Å². The van der Waals surface area contributed by atoms with Crippen LogP contribution in [0.15, 0.2) is 30.3 Å². The average molecular weight is 286 g/mol. The van der Waals surface area contributed by atoms with Gasteiger partial charge in [0.25, 0.3) is 0 Å². The Morgan fingerprint density at radius 3 is 2.56 bits per heavy atom. The largest absolute Gasteiger partial charge is 0.452 e. The molecule has 0 amide bonds. The standard InChI is InChI=1S/C13H8Cl2FO2/c1-7-2-3-8(6-9(7)14)18-13-11(17)5-4-10(16)12(13)15/h2-6H,1H3. The van der Waals surface area contributed by atoms with Crippen molar-refractivity contribution < 1.29 is 14.2 Å². The van der Waals surface area contributed by atoms with E-state index in [9.17, 15) is 9.50 Å². The van der Waals surface area contributed by atoms with Gasteiger partial charge in [-0.05, 0) is 36.8 Å². The molecule has 0 aromatic heterocycles. The van der Waals surface area contributed by atoms with Gasteiger partial charge < -0.3 is 4.74 Å². The molecule has 5 heteroatoms. The summed E-state index contributed by atoms with van der Waals surface area (Å²) in [5, 5.41) is 11.7. The van der Waals surface area contributed by atoms with Gasteiger partial charge in [0.2, 0.25) is 5.75 Å². The Hall–Kier alpha value is -1.45. The predicted molar refractivity (Wildman–Crippen MR) is 67.8 cm³/mol. The van der Waals surface area contributed by atoms with Gasteiger partial charge in [0.15, 0.2) is 5.75 Å². The van der Waals surface area contributed by atoms with Crippen molar-refractivity contribution in [2.75, 3.05) is 0 Å². The molecule has 0 aliphatic rings. The van der Waals surface area contributed by atoms with E-state index in [1.54, 1.807) is 12.1 Å². The molecule has 0 spiro atoms. The summed E-state index contributed by atoms with van der Waals surface area (Å²) in [7, 11) is 0. The highest BCUT2D eigenvalue weighted by molar-refractivity contribution is 6.32. The summed E-state index contributed by atoms with van der Waals surface area (Å²) in [4.78, 5) is 0. The van der Waals surface area contributed by atoms with Crippen LogP contribution in [0.5, 0.6) is 17.2 Å². The lowest BCUT2D eigenvalue weighted by atomic mass is 10.2. The zero-order chi connectivity index (χ0) is 13.3. The minimum Gasteiger partial charge on any atom is -0.452 e. The van der Waals surface area contributed by atoms with Crippen LogP contribution in [0.4, 0.5) is 4.39 Å². The first-order chi connectivity index (χ1) is 8.49. The molecule has 93 valence electrons. The summed E-state index contributed by atoms with van der Waals surface area (Å²) in [5.74, 6) is -1.10. The molecule has 2 aromatic carbocycles. The Morgan fingerprint density at radius 1 is 1.17 bits per heavy atom. The maximum Gasteiger partial charge on any atom is 0.222 e. The van der Waals surface area contributed by atoms with Crippen LogP contribution in [0.2, 0.25) is 10.0 Å². The van der Waals surface area contributed by atoms with E-state index < -0.39 is 11.6 Å². The van der Waals surface area contributed by atoms with Gasteiger partial charge in [0.05, 0.1) is 0 Å². The van der Waals surface area contributed by atoms with Gasteiger partial charge in [-0.25, -0.2) is 4.39 Å². The smallest absolute Gasteiger partial charge is 0.222 e. The van der Waals surface area contributed by atoms with Gasteiger partial charge in [-0.15, -0.1) is 0 Å². The topological polar surface area (TPSA) is 29.1 Å². The fourth-order valence-corrected chi connectivity index (χ4v) is 1.73. The second kappa shape index (κ2) is 5.04. The number of aryl methyl sites for hydroxylation is 1. The fraction of sp³-hybridized carbons (Fsp3) is 0.0769. The van der Waals surface area contributed by atoms with Crippen molar-refractivity contribution in [2.45, 2.75) is 6.92 Å². The summed E-state index contributed by atoms with van der Waals surface area (Å²) >= 11 is 11.6. The third kappa shape index (κ3) is 2.52. The number of hydrogen-bond donors (Lipinski definition) is 0. The maximum absolute atomic E-state index is 13.2. The summed E-state index contributed by atoms with van der Waals surface area (Å²) < 4.78 is 18.5. The van der Waals surface area contributed by atoms with E-state index in [4.69, 9.17) is 27.9 Å². The highest BCUT2D eigenvalue weighted by Crippen LogP contribution is 2.40. The molecule has 2 aromatic rings. The van der Waals surface area contributed by atoms with Gasteiger partial charge in [-0.1, -0.05) is 29.3 Å². The lowest BCUT2D eigenvalue weighted by molar-refractivity contribution is 0.327. The Morgan fingerprint density at radius 2 is 1.89 bits per heavy atom. The van der Waals surface area contributed by atoms with Gasteiger partial charge in [0.1, 0.15) is 16.6 Å². The van der Waals surface area contributed by atoms with Crippen molar-refractivity contribution in [2.24, 2.45) is 0 Å². The summed E-state index contributed by atoms with van der Waals surface area (Å²) in [6, 6.07) is 6.96. The van der Waals surface area contributed by atoms with Crippen LogP contribution in [-0.4, -0.2) is 0 Å². The number of hydrogen-bond acceptors (Lipinski definition) is 1. The average Bonchev–Trinajstić information content (AvgIpc) is 2.34. The first-order valence-corrected chi connectivity index (χ1v) is 5.83. The van der Waals surface area contributed by atoms with Crippen molar-refractivity contribution >= 4 is 23.2 Å². The Kier molecular flexibility index (Phi) is 3.64. The second-order valence-electron chi connectivity index (χ2n) is 3.70. The molecule has 0 bridgehead atoms. The molecule has 2 rings (SSSR count). The minimum atomic E-state index is -0.704. The minimum absolute atomic E-state index is 0.239. The summed E-state index contributed by atoms with van der Waals surface area (Å²) in [6.45, 7) is 1.83. The van der Waals surface area contributed by atoms with Gasteiger partial charge >= 0.3 is 0 Å². The third-order valence-corrected chi connectivity index (χ3v) is 3.14. The van der Waals surface area contributed by atoms with E-state index in [1.807, 2.05) is 6.92 Å². The van der Waals surface area contributed by atoms with Crippen molar-refractivity contribution in [3.05, 3.63) is 51.8 Å². The van der Waals surface area contributed by atoms with Crippen LogP contribution in [-0.2, 0) is 5.11 Å². The molecule has 18 heavy (non-hydrogen) atoms. The molecule has 2 nitrogen and oxygen atoms in total. The van der Waals surface area contributed by atoms with E-state index in [0.717, 1.165) is 17.7 Å². The van der Waals surface area contributed by atoms with Gasteiger partial charge in [0, 0.05) is 5.02 Å². The van der Waals surface area contributed by atoms with Crippen molar-refractivity contribution in [3.8, 4) is 17.2 Å². The number of rotatable bonds is 2. The molecule has 0 unspecified atom stereocenters. The molecule has 1 radical (unpaired) electrons. The Balaban J connectivity index is 2.39. The first kappa shape index (κ1) is 13.0. The van der Waals surface area contributed by atoms with Gasteiger partial charge in [-0.3, -0.25) is 5.11 Å².